The number of hydrogen-bond donors (Lipinski definition) is 3. The number of ether oxygens (including phenoxy) is 3. The number of aliphatic imine (C=N–C) groups is 1. The maximum Gasteiger partial charge on any atom is 0.191 e. The van der Waals surface area contributed by atoms with E-state index < -0.39 is 6.10 Å². The van der Waals surface area contributed by atoms with Crippen LogP contribution in [0.5, 0.6) is 11.5 Å². The number of methoxy groups -OCH3 is 2. The Morgan fingerprint density at radius 1 is 1.28 bits per heavy atom. The van der Waals surface area contributed by atoms with E-state index in [9.17, 15) is 5.11 Å². The van der Waals surface area contributed by atoms with Crippen LogP contribution in [-0.4, -0.2) is 57.1 Å². The lowest BCUT2D eigenvalue weighted by Crippen LogP contribution is -2.68. The molecule has 162 valence electrons. The summed E-state index contributed by atoms with van der Waals surface area (Å²) in [6.45, 7) is 5.86. The molecule has 2 saturated carbocycles. The Morgan fingerprint density at radius 2 is 2.07 bits per heavy atom. The molecule has 3 atom stereocenters. The molecule has 1 aromatic carbocycles. The number of nitrogens with one attached hydrogen (secondary N) is 2. The van der Waals surface area contributed by atoms with Gasteiger partial charge in [-0.1, -0.05) is 6.42 Å². The van der Waals surface area contributed by atoms with Crippen molar-refractivity contribution in [3.63, 3.8) is 0 Å². The van der Waals surface area contributed by atoms with Gasteiger partial charge >= 0.3 is 0 Å². The highest BCUT2D eigenvalue weighted by Crippen LogP contribution is 2.57. The van der Waals surface area contributed by atoms with Gasteiger partial charge in [0.1, 0.15) is 17.6 Å². The van der Waals surface area contributed by atoms with Crippen molar-refractivity contribution in [1.29, 1.82) is 0 Å². The first-order valence-corrected chi connectivity index (χ1v) is 10.6. The van der Waals surface area contributed by atoms with Gasteiger partial charge in [-0.3, -0.25) is 4.99 Å². The summed E-state index contributed by atoms with van der Waals surface area (Å²) in [5.41, 5.74) is 0.919. The van der Waals surface area contributed by atoms with Crippen LogP contribution in [0, 0.1) is 5.41 Å². The zero-order valence-corrected chi connectivity index (χ0v) is 18.0. The van der Waals surface area contributed by atoms with E-state index in [-0.39, 0.29) is 12.0 Å². The van der Waals surface area contributed by atoms with E-state index in [4.69, 9.17) is 14.2 Å². The Labute approximate surface area is 173 Å². The molecule has 3 N–H and O–H groups in total. The summed E-state index contributed by atoms with van der Waals surface area (Å²) >= 11 is 0. The maximum absolute atomic E-state index is 10.7. The van der Waals surface area contributed by atoms with Crippen molar-refractivity contribution in [2.24, 2.45) is 10.4 Å². The molecule has 0 aromatic heterocycles. The van der Waals surface area contributed by atoms with Crippen LogP contribution in [0.1, 0.15) is 51.2 Å². The van der Waals surface area contributed by atoms with Crippen molar-refractivity contribution in [1.82, 2.24) is 10.6 Å². The van der Waals surface area contributed by atoms with Crippen molar-refractivity contribution >= 4 is 5.96 Å². The molecule has 0 bridgehead atoms. The Morgan fingerprint density at radius 3 is 2.66 bits per heavy atom. The van der Waals surface area contributed by atoms with Crippen molar-refractivity contribution in [3.05, 3.63) is 23.8 Å². The minimum absolute atomic E-state index is 0.230. The second-order valence-corrected chi connectivity index (χ2v) is 7.81. The Hall–Kier alpha value is -1.99. The van der Waals surface area contributed by atoms with Gasteiger partial charge in [0, 0.05) is 30.2 Å². The minimum Gasteiger partial charge on any atom is -0.497 e. The Bertz CT molecular complexity index is 705. The molecule has 2 aliphatic carbocycles. The molecule has 3 unspecified atom stereocenters. The van der Waals surface area contributed by atoms with Gasteiger partial charge in [0.25, 0.3) is 0 Å². The predicted octanol–water partition coefficient (Wildman–Crippen LogP) is 2.64. The van der Waals surface area contributed by atoms with Gasteiger partial charge in [-0.15, -0.1) is 0 Å². The number of benzene rings is 1. The second-order valence-electron chi connectivity index (χ2n) is 7.81. The molecule has 1 aromatic rings. The van der Waals surface area contributed by atoms with Crippen LogP contribution in [-0.2, 0) is 4.74 Å². The third-order valence-electron chi connectivity index (χ3n) is 6.31. The molecule has 0 heterocycles. The van der Waals surface area contributed by atoms with Gasteiger partial charge in [-0.05, 0) is 51.3 Å². The molecular weight excluding hydrogens is 370 g/mol. The van der Waals surface area contributed by atoms with Crippen LogP contribution in [0.15, 0.2) is 23.2 Å². The summed E-state index contributed by atoms with van der Waals surface area (Å²) in [6, 6.07) is 5.77. The molecule has 3 rings (SSSR count). The topological polar surface area (TPSA) is 84.3 Å². The second kappa shape index (κ2) is 9.67. The summed E-state index contributed by atoms with van der Waals surface area (Å²) in [5.74, 6) is 2.04. The van der Waals surface area contributed by atoms with Gasteiger partial charge in [0.15, 0.2) is 5.96 Å². The number of aliphatic hydroxyl groups excluding tert-OH is 1. The van der Waals surface area contributed by atoms with Gasteiger partial charge < -0.3 is 30.0 Å². The summed E-state index contributed by atoms with van der Waals surface area (Å²) in [6.07, 6.45) is 4.25. The van der Waals surface area contributed by atoms with E-state index in [1.165, 1.54) is 19.3 Å². The van der Waals surface area contributed by atoms with Crippen LogP contribution in [0.2, 0.25) is 0 Å². The molecule has 7 nitrogen and oxygen atoms in total. The zero-order chi connectivity index (χ0) is 20.9. The third kappa shape index (κ3) is 4.46. The Balaban J connectivity index is 1.67. The fourth-order valence-corrected chi connectivity index (χ4v) is 4.50. The highest BCUT2D eigenvalue weighted by atomic mass is 16.5. The lowest BCUT2D eigenvalue weighted by atomic mass is 9.51. The van der Waals surface area contributed by atoms with Crippen molar-refractivity contribution in [2.75, 3.05) is 33.9 Å². The molecule has 29 heavy (non-hydrogen) atoms. The van der Waals surface area contributed by atoms with Crippen LogP contribution in [0.25, 0.3) is 0 Å². The molecule has 7 heteroatoms. The smallest absolute Gasteiger partial charge is 0.191 e. The first-order chi connectivity index (χ1) is 14.1. The van der Waals surface area contributed by atoms with Crippen molar-refractivity contribution in [3.8, 4) is 11.5 Å². The molecule has 1 spiro atoms. The van der Waals surface area contributed by atoms with Crippen LogP contribution >= 0.6 is 0 Å². The van der Waals surface area contributed by atoms with Gasteiger partial charge in [0.05, 0.1) is 26.9 Å². The molecule has 0 radical (unpaired) electrons. The SMILES string of the molecule is CCNC(=NCC(O)c1cc(OC)ccc1OC)NC1CC(OCC)C12CCC2. The fourth-order valence-electron chi connectivity index (χ4n) is 4.50. The van der Waals surface area contributed by atoms with Crippen LogP contribution < -0.4 is 20.1 Å². The van der Waals surface area contributed by atoms with Crippen molar-refractivity contribution < 1.29 is 19.3 Å². The molecule has 2 aliphatic rings. The van der Waals surface area contributed by atoms with Crippen molar-refractivity contribution in [2.45, 2.75) is 57.8 Å². The molecule has 0 aliphatic heterocycles. The summed E-state index contributed by atoms with van der Waals surface area (Å²) < 4.78 is 16.6. The summed E-state index contributed by atoms with van der Waals surface area (Å²) in [5, 5.41) is 17.6. The van der Waals surface area contributed by atoms with E-state index in [1.54, 1.807) is 26.4 Å². The summed E-state index contributed by atoms with van der Waals surface area (Å²) in [4.78, 5) is 4.64. The van der Waals surface area contributed by atoms with E-state index in [0.717, 1.165) is 25.5 Å². The average molecular weight is 406 g/mol. The fraction of sp³-hybridized carbons (Fsp3) is 0.682. The first-order valence-electron chi connectivity index (χ1n) is 10.6. The third-order valence-corrected chi connectivity index (χ3v) is 6.31. The minimum atomic E-state index is -0.786. The van der Waals surface area contributed by atoms with E-state index >= 15 is 0 Å². The highest BCUT2D eigenvalue weighted by Gasteiger charge is 2.59. The van der Waals surface area contributed by atoms with Gasteiger partial charge in [0.2, 0.25) is 0 Å². The lowest BCUT2D eigenvalue weighted by Gasteiger charge is -2.61. The molecule has 0 amide bonds. The standard InChI is InChI=1S/C22H35N3O4/c1-5-23-21(25-19-13-20(29-6-2)22(19)10-7-11-22)24-14-17(26)16-12-15(27-3)8-9-18(16)28-4/h8-9,12,17,19-20,26H,5-7,10-11,13-14H2,1-4H3,(H2,23,24,25). The van der Waals surface area contributed by atoms with Crippen LogP contribution in [0.4, 0.5) is 0 Å². The number of guanidine groups is 1. The van der Waals surface area contributed by atoms with Gasteiger partial charge in [-0.25, -0.2) is 0 Å². The molecule has 2 fully saturated rings. The summed E-state index contributed by atoms with van der Waals surface area (Å²) in [7, 11) is 3.20. The molecular formula is C22H35N3O4. The molecule has 0 saturated heterocycles. The first kappa shape index (κ1) is 21.7. The van der Waals surface area contributed by atoms with E-state index in [2.05, 4.69) is 22.5 Å². The average Bonchev–Trinajstić information content (AvgIpc) is 2.69. The number of aliphatic hydroxyl groups is 1. The maximum atomic E-state index is 10.7. The predicted molar refractivity (Wildman–Crippen MR) is 114 cm³/mol. The quantitative estimate of drug-likeness (QED) is 0.433. The normalized spacial score (nSPS) is 23.7. The van der Waals surface area contributed by atoms with Gasteiger partial charge in [-0.2, -0.15) is 0 Å². The van der Waals surface area contributed by atoms with E-state index in [1.807, 2.05) is 13.0 Å². The number of hydrogen-bond acceptors (Lipinski definition) is 5. The zero-order valence-electron chi connectivity index (χ0n) is 18.0. The number of rotatable bonds is 9. The van der Waals surface area contributed by atoms with Crippen LogP contribution in [0.3, 0.4) is 0 Å². The monoisotopic (exact) mass is 405 g/mol. The lowest BCUT2D eigenvalue weighted by molar-refractivity contribution is -0.168. The Kier molecular flexibility index (Phi) is 7.24. The largest absolute Gasteiger partial charge is 0.497 e. The highest BCUT2D eigenvalue weighted by molar-refractivity contribution is 5.80. The number of nitrogens with zero attached hydrogens (tertiary/aromatic N) is 1. The van der Waals surface area contributed by atoms with E-state index in [0.29, 0.717) is 29.2 Å².